The molecule has 1 aromatic heterocycles. The van der Waals surface area contributed by atoms with Crippen LogP contribution < -0.4 is 5.32 Å². The van der Waals surface area contributed by atoms with E-state index >= 15 is 0 Å². The van der Waals surface area contributed by atoms with Gasteiger partial charge in [-0.3, -0.25) is 4.79 Å². The summed E-state index contributed by atoms with van der Waals surface area (Å²) < 4.78 is 0. The molecular formula is C15H15ClN2O. The van der Waals surface area contributed by atoms with E-state index in [2.05, 4.69) is 10.3 Å². The van der Waals surface area contributed by atoms with E-state index in [0.29, 0.717) is 10.7 Å². The van der Waals surface area contributed by atoms with Crippen molar-refractivity contribution in [1.82, 2.24) is 4.98 Å². The molecule has 0 unspecified atom stereocenters. The Hall–Kier alpha value is -1.87. The Morgan fingerprint density at radius 3 is 2.37 bits per heavy atom. The summed E-state index contributed by atoms with van der Waals surface area (Å²) in [4.78, 5) is 16.0. The van der Waals surface area contributed by atoms with Gasteiger partial charge in [0.25, 0.3) is 5.91 Å². The van der Waals surface area contributed by atoms with Crippen LogP contribution >= 0.6 is 11.6 Å². The monoisotopic (exact) mass is 274 g/mol. The molecule has 1 amide bonds. The number of rotatable bonds is 2. The minimum Gasteiger partial charge on any atom is -0.322 e. The molecule has 1 aromatic carbocycles. The van der Waals surface area contributed by atoms with Crippen molar-refractivity contribution in [3.63, 3.8) is 0 Å². The van der Waals surface area contributed by atoms with Crippen LogP contribution in [0.3, 0.4) is 0 Å². The topological polar surface area (TPSA) is 42.0 Å². The van der Waals surface area contributed by atoms with Gasteiger partial charge >= 0.3 is 0 Å². The molecule has 0 bridgehead atoms. The lowest BCUT2D eigenvalue weighted by Gasteiger charge is -2.12. The van der Waals surface area contributed by atoms with Crippen molar-refractivity contribution >= 4 is 23.2 Å². The van der Waals surface area contributed by atoms with Crippen LogP contribution in [-0.2, 0) is 0 Å². The van der Waals surface area contributed by atoms with Crippen LogP contribution in [0, 0.1) is 20.8 Å². The molecule has 0 aliphatic heterocycles. The summed E-state index contributed by atoms with van der Waals surface area (Å²) in [7, 11) is 0. The van der Waals surface area contributed by atoms with Gasteiger partial charge in [-0.25, -0.2) is 4.98 Å². The van der Waals surface area contributed by atoms with Gasteiger partial charge in [-0.15, -0.1) is 0 Å². The third-order valence-electron chi connectivity index (χ3n) is 2.90. The molecule has 3 nitrogen and oxygen atoms in total. The van der Waals surface area contributed by atoms with Crippen LogP contribution in [0.25, 0.3) is 0 Å². The number of carbonyl (C=O) groups excluding carboxylic acids is 1. The molecule has 2 aromatic rings. The van der Waals surface area contributed by atoms with Crippen molar-refractivity contribution in [3.05, 3.63) is 57.9 Å². The standard InChI is InChI=1S/C15H15ClN2O/c1-9-6-10(2)14(11(3)7-9)18-15(19)12-4-5-17-13(16)8-12/h4-8H,1-3H3,(H,18,19). The fourth-order valence-corrected chi connectivity index (χ4v) is 2.28. The van der Waals surface area contributed by atoms with Gasteiger partial charge in [-0.05, 0) is 44.0 Å². The van der Waals surface area contributed by atoms with Gasteiger partial charge in [-0.1, -0.05) is 29.3 Å². The number of benzene rings is 1. The first-order valence-electron chi connectivity index (χ1n) is 5.98. The highest BCUT2D eigenvalue weighted by molar-refractivity contribution is 6.29. The van der Waals surface area contributed by atoms with E-state index in [4.69, 9.17) is 11.6 Å². The Morgan fingerprint density at radius 1 is 1.16 bits per heavy atom. The number of aryl methyl sites for hydroxylation is 3. The third-order valence-corrected chi connectivity index (χ3v) is 3.11. The summed E-state index contributed by atoms with van der Waals surface area (Å²) in [5.74, 6) is -0.181. The number of halogens is 1. The lowest BCUT2D eigenvalue weighted by atomic mass is 10.0. The predicted molar refractivity (Wildman–Crippen MR) is 77.9 cm³/mol. The number of nitrogens with one attached hydrogen (secondary N) is 1. The second-order valence-corrected chi connectivity index (χ2v) is 4.98. The smallest absolute Gasteiger partial charge is 0.255 e. The number of pyridine rings is 1. The number of amides is 1. The van der Waals surface area contributed by atoms with Crippen LogP contribution in [0.2, 0.25) is 5.15 Å². The molecular weight excluding hydrogens is 260 g/mol. The highest BCUT2D eigenvalue weighted by Gasteiger charge is 2.10. The van der Waals surface area contributed by atoms with Crippen LogP contribution in [-0.4, -0.2) is 10.9 Å². The molecule has 1 N–H and O–H groups in total. The largest absolute Gasteiger partial charge is 0.322 e. The molecule has 0 saturated heterocycles. The zero-order chi connectivity index (χ0) is 14.0. The Balaban J connectivity index is 2.29. The number of anilines is 1. The quantitative estimate of drug-likeness (QED) is 0.844. The van der Waals surface area contributed by atoms with E-state index in [1.807, 2.05) is 32.9 Å². The summed E-state index contributed by atoms with van der Waals surface area (Å²) in [6.07, 6.45) is 1.52. The number of hydrogen-bond acceptors (Lipinski definition) is 2. The highest BCUT2D eigenvalue weighted by Crippen LogP contribution is 2.22. The maximum atomic E-state index is 12.2. The van der Waals surface area contributed by atoms with E-state index in [1.54, 1.807) is 12.1 Å². The minimum atomic E-state index is -0.181. The summed E-state index contributed by atoms with van der Waals surface area (Å²) in [5.41, 5.74) is 4.62. The van der Waals surface area contributed by atoms with Gasteiger partial charge in [0.15, 0.2) is 0 Å². The van der Waals surface area contributed by atoms with Crippen LogP contribution in [0.5, 0.6) is 0 Å². The zero-order valence-electron chi connectivity index (χ0n) is 11.1. The van der Waals surface area contributed by atoms with E-state index in [-0.39, 0.29) is 5.91 Å². The van der Waals surface area contributed by atoms with Crippen LogP contribution in [0.15, 0.2) is 30.5 Å². The summed E-state index contributed by atoms with van der Waals surface area (Å²) in [5, 5.41) is 3.23. The van der Waals surface area contributed by atoms with Crippen molar-refractivity contribution in [3.8, 4) is 0 Å². The van der Waals surface area contributed by atoms with Crippen molar-refractivity contribution in [2.45, 2.75) is 20.8 Å². The van der Waals surface area contributed by atoms with Gasteiger partial charge in [0.2, 0.25) is 0 Å². The normalized spacial score (nSPS) is 10.3. The fraction of sp³-hybridized carbons (Fsp3) is 0.200. The lowest BCUT2D eigenvalue weighted by molar-refractivity contribution is 0.102. The second kappa shape index (κ2) is 5.41. The molecule has 19 heavy (non-hydrogen) atoms. The van der Waals surface area contributed by atoms with Gasteiger partial charge < -0.3 is 5.32 Å². The average Bonchev–Trinajstić information content (AvgIpc) is 2.33. The SMILES string of the molecule is Cc1cc(C)c(NC(=O)c2ccnc(Cl)c2)c(C)c1. The molecule has 2 rings (SSSR count). The van der Waals surface area contributed by atoms with Gasteiger partial charge in [0.05, 0.1) is 0 Å². The maximum Gasteiger partial charge on any atom is 0.255 e. The molecule has 98 valence electrons. The highest BCUT2D eigenvalue weighted by atomic mass is 35.5. The van der Waals surface area contributed by atoms with E-state index in [9.17, 15) is 4.79 Å². The molecule has 0 spiro atoms. The molecule has 0 radical (unpaired) electrons. The maximum absolute atomic E-state index is 12.2. The van der Waals surface area contributed by atoms with Crippen molar-refractivity contribution < 1.29 is 4.79 Å². The van der Waals surface area contributed by atoms with Gasteiger partial charge in [-0.2, -0.15) is 0 Å². The van der Waals surface area contributed by atoms with E-state index < -0.39 is 0 Å². The Morgan fingerprint density at radius 2 is 1.79 bits per heavy atom. The zero-order valence-corrected chi connectivity index (χ0v) is 11.9. The fourth-order valence-electron chi connectivity index (χ4n) is 2.11. The lowest BCUT2D eigenvalue weighted by Crippen LogP contribution is -2.14. The first-order chi connectivity index (χ1) is 8.97. The molecule has 0 atom stereocenters. The van der Waals surface area contributed by atoms with Crippen molar-refractivity contribution in [2.24, 2.45) is 0 Å². The molecule has 4 heteroatoms. The van der Waals surface area contributed by atoms with Crippen LogP contribution in [0.4, 0.5) is 5.69 Å². The van der Waals surface area contributed by atoms with E-state index in [1.165, 1.54) is 11.8 Å². The first kappa shape index (κ1) is 13.6. The van der Waals surface area contributed by atoms with Gasteiger partial charge in [0.1, 0.15) is 5.15 Å². The number of carbonyl (C=O) groups is 1. The molecule has 1 heterocycles. The number of nitrogens with zero attached hydrogens (tertiary/aromatic N) is 1. The van der Waals surface area contributed by atoms with Gasteiger partial charge in [0, 0.05) is 17.4 Å². The third kappa shape index (κ3) is 3.12. The Labute approximate surface area is 117 Å². The van der Waals surface area contributed by atoms with Crippen molar-refractivity contribution in [2.75, 3.05) is 5.32 Å². The van der Waals surface area contributed by atoms with E-state index in [0.717, 1.165) is 16.8 Å². The average molecular weight is 275 g/mol. The molecule has 0 fully saturated rings. The summed E-state index contributed by atoms with van der Waals surface area (Å²) >= 11 is 5.78. The Kier molecular flexibility index (Phi) is 3.86. The molecule has 0 aliphatic carbocycles. The Bertz CT molecular complexity index is 615. The summed E-state index contributed by atoms with van der Waals surface area (Å²) in [6, 6.07) is 7.28. The minimum absolute atomic E-state index is 0.181. The summed E-state index contributed by atoms with van der Waals surface area (Å²) in [6.45, 7) is 6.00. The number of aromatic nitrogens is 1. The predicted octanol–water partition coefficient (Wildman–Crippen LogP) is 3.91. The number of hydrogen-bond donors (Lipinski definition) is 1. The first-order valence-corrected chi connectivity index (χ1v) is 6.36. The second-order valence-electron chi connectivity index (χ2n) is 4.60. The van der Waals surface area contributed by atoms with Crippen molar-refractivity contribution in [1.29, 1.82) is 0 Å². The van der Waals surface area contributed by atoms with Crippen LogP contribution in [0.1, 0.15) is 27.0 Å². The molecule has 0 saturated carbocycles. The molecule has 0 aliphatic rings.